The largest absolute Gasteiger partial charge is 0.484 e. The lowest BCUT2D eigenvalue weighted by molar-refractivity contribution is -0.135. The number of aryl methyl sites for hydroxylation is 1. The Morgan fingerprint density at radius 3 is 2.55 bits per heavy atom. The molecule has 0 atom stereocenters. The molecule has 3 aromatic rings. The van der Waals surface area contributed by atoms with Crippen LogP contribution in [0, 0.1) is 0 Å². The number of ether oxygens (including phenoxy) is 1. The maximum Gasteiger partial charge on any atom is 0.260 e. The lowest BCUT2D eigenvalue weighted by Gasteiger charge is -2.18. The van der Waals surface area contributed by atoms with Crippen LogP contribution in [0.5, 0.6) is 5.75 Å². The second-order valence-corrected chi connectivity index (χ2v) is 7.67. The van der Waals surface area contributed by atoms with E-state index in [0.717, 1.165) is 32.9 Å². The van der Waals surface area contributed by atoms with E-state index in [2.05, 4.69) is 21.2 Å². The first-order valence-corrected chi connectivity index (χ1v) is 10.2. The van der Waals surface area contributed by atoms with Gasteiger partial charge in [-0.25, -0.2) is 0 Å². The van der Waals surface area contributed by atoms with Crippen molar-refractivity contribution in [1.29, 1.82) is 0 Å². The number of hydrogen-bond acceptors (Lipinski definition) is 3. The Hall–Kier alpha value is -2.86. The number of anilines is 1. The summed E-state index contributed by atoms with van der Waals surface area (Å²) in [6, 6.07) is 19.3. The van der Waals surface area contributed by atoms with E-state index >= 15 is 0 Å². The fraction of sp³-hybridized carbons (Fsp3) is 0.217. The highest BCUT2D eigenvalue weighted by Crippen LogP contribution is 2.24. The van der Waals surface area contributed by atoms with Crippen LogP contribution in [0.1, 0.15) is 12.5 Å². The zero-order valence-corrected chi connectivity index (χ0v) is 18.0. The van der Waals surface area contributed by atoms with E-state index in [0.29, 0.717) is 5.75 Å². The van der Waals surface area contributed by atoms with Crippen molar-refractivity contribution in [3.05, 3.63) is 70.7 Å². The zero-order chi connectivity index (χ0) is 20.8. The predicted octanol–water partition coefficient (Wildman–Crippen LogP) is 4.64. The molecule has 0 radical (unpaired) electrons. The highest BCUT2D eigenvalue weighted by Gasteiger charge is 2.14. The van der Waals surface area contributed by atoms with Crippen molar-refractivity contribution >= 4 is 44.2 Å². The Kier molecular flexibility index (Phi) is 6.88. The highest BCUT2D eigenvalue weighted by atomic mass is 79.9. The van der Waals surface area contributed by atoms with Crippen LogP contribution < -0.4 is 10.1 Å². The van der Waals surface area contributed by atoms with Gasteiger partial charge < -0.3 is 15.0 Å². The van der Waals surface area contributed by atoms with Gasteiger partial charge in [0.15, 0.2) is 6.61 Å². The molecule has 0 aliphatic heterocycles. The number of para-hydroxylation sites is 1. The van der Waals surface area contributed by atoms with Crippen molar-refractivity contribution in [2.75, 3.05) is 25.5 Å². The summed E-state index contributed by atoms with van der Waals surface area (Å²) < 4.78 is 6.64. The molecule has 0 aliphatic carbocycles. The van der Waals surface area contributed by atoms with Gasteiger partial charge in [0, 0.05) is 17.2 Å². The summed E-state index contributed by atoms with van der Waals surface area (Å²) in [6.45, 7) is 1.87. The van der Waals surface area contributed by atoms with Crippen molar-refractivity contribution < 1.29 is 14.3 Å². The molecule has 0 fully saturated rings. The number of benzene rings is 3. The van der Waals surface area contributed by atoms with Gasteiger partial charge in [-0.1, -0.05) is 53.2 Å². The lowest BCUT2D eigenvalue weighted by Crippen LogP contribution is -2.37. The molecule has 0 aliphatic rings. The third-order valence-electron chi connectivity index (χ3n) is 4.61. The van der Waals surface area contributed by atoms with Crippen LogP contribution in [0.25, 0.3) is 10.8 Å². The van der Waals surface area contributed by atoms with E-state index in [4.69, 9.17) is 4.74 Å². The minimum absolute atomic E-state index is 0.0357. The summed E-state index contributed by atoms with van der Waals surface area (Å²) in [6.07, 6.45) is 0.821. The number of amides is 2. The van der Waals surface area contributed by atoms with Gasteiger partial charge in [-0.2, -0.15) is 0 Å². The summed E-state index contributed by atoms with van der Waals surface area (Å²) in [5.74, 6) is 0.112. The Morgan fingerprint density at radius 1 is 1.03 bits per heavy atom. The van der Waals surface area contributed by atoms with Gasteiger partial charge in [0.25, 0.3) is 5.91 Å². The number of carbonyl (C=O) groups is 2. The number of hydrogen-bond donors (Lipinski definition) is 1. The van der Waals surface area contributed by atoms with Crippen LogP contribution in [-0.4, -0.2) is 36.9 Å². The minimum atomic E-state index is -0.264. The fourth-order valence-corrected chi connectivity index (χ4v) is 3.36. The monoisotopic (exact) mass is 454 g/mol. The number of fused-ring (bicyclic) bond motifs is 1. The van der Waals surface area contributed by atoms with E-state index < -0.39 is 0 Å². The van der Waals surface area contributed by atoms with E-state index in [1.54, 1.807) is 7.05 Å². The van der Waals surface area contributed by atoms with Crippen LogP contribution >= 0.6 is 15.9 Å². The number of nitrogens with zero attached hydrogens (tertiary/aromatic N) is 1. The first-order chi connectivity index (χ1) is 14.0. The second kappa shape index (κ2) is 9.56. The van der Waals surface area contributed by atoms with Gasteiger partial charge in [0.2, 0.25) is 5.91 Å². The molecule has 0 unspecified atom stereocenters. The van der Waals surface area contributed by atoms with Crippen molar-refractivity contribution in [2.24, 2.45) is 0 Å². The topological polar surface area (TPSA) is 58.6 Å². The second-order valence-electron chi connectivity index (χ2n) is 6.75. The van der Waals surface area contributed by atoms with E-state index in [-0.39, 0.29) is 25.0 Å². The molecule has 0 bridgehead atoms. The number of carbonyl (C=O) groups excluding carboxylic acids is 2. The van der Waals surface area contributed by atoms with Gasteiger partial charge in [-0.3, -0.25) is 9.59 Å². The minimum Gasteiger partial charge on any atom is -0.484 e. The van der Waals surface area contributed by atoms with Crippen LogP contribution in [0.15, 0.2) is 65.1 Å². The van der Waals surface area contributed by atoms with Gasteiger partial charge in [-0.15, -0.1) is 0 Å². The maximum absolute atomic E-state index is 12.4. The van der Waals surface area contributed by atoms with Crippen molar-refractivity contribution in [3.8, 4) is 5.75 Å². The molecule has 5 nitrogen and oxygen atoms in total. The van der Waals surface area contributed by atoms with Gasteiger partial charge in [-0.05, 0) is 53.1 Å². The molecule has 0 spiro atoms. The molecule has 150 valence electrons. The van der Waals surface area contributed by atoms with E-state index in [1.807, 2.05) is 67.6 Å². The zero-order valence-electron chi connectivity index (χ0n) is 16.4. The smallest absolute Gasteiger partial charge is 0.260 e. The lowest BCUT2D eigenvalue weighted by atomic mass is 10.1. The summed E-state index contributed by atoms with van der Waals surface area (Å²) in [4.78, 5) is 26.0. The van der Waals surface area contributed by atoms with Gasteiger partial charge in [0.05, 0.1) is 6.54 Å². The Balaban J connectivity index is 1.53. The normalized spacial score (nSPS) is 10.6. The molecule has 6 heteroatoms. The highest BCUT2D eigenvalue weighted by molar-refractivity contribution is 9.10. The average molecular weight is 455 g/mol. The molecule has 2 amide bonds. The first-order valence-electron chi connectivity index (χ1n) is 9.40. The molecule has 0 saturated carbocycles. The van der Waals surface area contributed by atoms with Crippen LogP contribution in [0.3, 0.4) is 0 Å². The summed E-state index contributed by atoms with van der Waals surface area (Å²) in [7, 11) is 1.59. The molecule has 3 aromatic carbocycles. The quantitative estimate of drug-likeness (QED) is 0.565. The Bertz CT molecular complexity index is 1040. The molecule has 0 aromatic heterocycles. The number of nitrogens with one attached hydrogen (secondary N) is 1. The first kappa shape index (κ1) is 20.9. The molecular weight excluding hydrogens is 432 g/mol. The molecule has 3 rings (SSSR count). The average Bonchev–Trinajstić information content (AvgIpc) is 2.72. The molecule has 1 N–H and O–H groups in total. The van der Waals surface area contributed by atoms with Crippen LogP contribution in [0.2, 0.25) is 0 Å². The van der Waals surface area contributed by atoms with Crippen molar-refractivity contribution in [3.63, 3.8) is 0 Å². The molecule has 0 heterocycles. The summed E-state index contributed by atoms with van der Waals surface area (Å²) in [5, 5.41) is 4.98. The van der Waals surface area contributed by atoms with Crippen LogP contribution in [-0.2, 0) is 16.0 Å². The number of halogens is 1. The fourth-order valence-electron chi connectivity index (χ4n) is 2.98. The van der Waals surface area contributed by atoms with Gasteiger partial charge >= 0.3 is 0 Å². The van der Waals surface area contributed by atoms with E-state index in [9.17, 15) is 9.59 Å². The third kappa shape index (κ3) is 5.57. The molecular formula is C23H23BrN2O3. The third-order valence-corrected chi connectivity index (χ3v) is 5.11. The van der Waals surface area contributed by atoms with Crippen molar-refractivity contribution in [2.45, 2.75) is 13.3 Å². The predicted molar refractivity (Wildman–Crippen MR) is 119 cm³/mol. The SMILES string of the molecule is CCc1ccccc1NC(=O)CN(C)C(=O)COc1ccc2cc(Br)ccc2c1. The van der Waals surface area contributed by atoms with Crippen molar-refractivity contribution in [1.82, 2.24) is 4.90 Å². The summed E-state index contributed by atoms with van der Waals surface area (Å²) >= 11 is 3.45. The van der Waals surface area contributed by atoms with Crippen LogP contribution in [0.4, 0.5) is 5.69 Å². The Labute approximate surface area is 178 Å². The summed E-state index contributed by atoms with van der Waals surface area (Å²) in [5.41, 5.74) is 1.83. The molecule has 0 saturated heterocycles. The Morgan fingerprint density at radius 2 is 1.76 bits per heavy atom. The van der Waals surface area contributed by atoms with Gasteiger partial charge in [0.1, 0.15) is 5.75 Å². The number of rotatable bonds is 7. The molecule has 29 heavy (non-hydrogen) atoms. The standard InChI is InChI=1S/C23H23BrN2O3/c1-3-16-6-4-5-7-21(16)25-22(27)14-26(2)23(28)15-29-20-11-9-17-12-19(24)10-8-18(17)13-20/h4-13H,3,14-15H2,1-2H3,(H,25,27). The number of likely N-dealkylation sites (N-methyl/N-ethyl adjacent to an activating group) is 1. The maximum atomic E-state index is 12.4. The van der Waals surface area contributed by atoms with E-state index in [1.165, 1.54) is 4.90 Å².